The maximum atomic E-state index is 4.69. The van der Waals surface area contributed by atoms with Crippen molar-refractivity contribution in [3.05, 3.63) is 114 Å². The summed E-state index contributed by atoms with van der Waals surface area (Å²) in [5, 5.41) is 5.08. The maximum Gasteiger partial charge on any atom is 0.0119 e. The molecule has 0 amide bonds. The summed E-state index contributed by atoms with van der Waals surface area (Å²) in [6.07, 6.45) is 10.6. The molecule has 0 radical (unpaired) electrons. The van der Waals surface area contributed by atoms with E-state index < -0.39 is 0 Å². The van der Waals surface area contributed by atoms with Crippen LogP contribution >= 0.6 is 12.6 Å². The Balaban J connectivity index is 1.99. The summed E-state index contributed by atoms with van der Waals surface area (Å²) in [4.78, 5) is 0.976. The van der Waals surface area contributed by atoms with Gasteiger partial charge in [-0.2, -0.15) is 0 Å². The van der Waals surface area contributed by atoms with Gasteiger partial charge in [0, 0.05) is 4.90 Å². The van der Waals surface area contributed by atoms with Crippen LogP contribution in [0.15, 0.2) is 108 Å². The van der Waals surface area contributed by atoms with E-state index in [9.17, 15) is 0 Å². The van der Waals surface area contributed by atoms with Gasteiger partial charge in [-0.15, -0.1) is 12.6 Å². The van der Waals surface area contributed by atoms with Crippen LogP contribution in [0.4, 0.5) is 0 Å². The molecule has 0 aliphatic rings. The number of hydrogen-bond acceptors (Lipinski definition) is 1. The van der Waals surface area contributed by atoms with Crippen LogP contribution in [0.2, 0.25) is 0 Å². The largest absolute Gasteiger partial charge is 0.143 e. The molecule has 136 valence electrons. The summed E-state index contributed by atoms with van der Waals surface area (Å²) < 4.78 is 0. The van der Waals surface area contributed by atoms with E-state index in [2.05, 4.69) is 97.6 Å². The molecular formula is C27H22S. The Hall–Kier alpha value is -3.03. The quantitative estimate of drug-likeness (QED) is 0.158. The van der Waals surface area contributed by atoms with Crippen LogP contribution in [0, 0.1) is 0 Å². The van der Waals surface area contributed by atoms with Gasteiger partial charge in [0.05, 0.1) is 0 Å². The van der Waals surface area contributed by atoms with E-state index in [0.29, 0.717) is 0 Å². The van der Waals surface area contributed by atoms with Crippen LogP contribution in [0.25, 0.3) is 33.2 Å². The molecule has 0 bridgehead atoms. The normalized spacial score (nSPS) is 12.6. The van der Waals surface area contributed by atoms with Crippen molar-refractivity contribution in [3.63, 3.8) is 0 Å². The summed E-state index contributed by atoms with van der Waals surface area (Å²) >= 11 is 4.69. The number of hydrogen-bond donors (Lipinski definition) is 1. The zero-order chi connectivity index (χ0) is 19.3. The predicted octanol–water partition coefficient (Wildman–Crippen LogP) is 7.95. The molecule has 0 atom stereocenters. The number of benzene rings is 4. The van der Waals surface area contributed by atoms with E-state index in [1.54, 1.807) is 0 Å². The fraction of sp³-hybridized carbons (Fsp3) is 0.0370. The second-order valence-electron chi connectivity index (χ2n) is 6.73. The second-order valence-corrected chi connectivity index (χ2v) is 7.22. The summed E-state index contributed by atoms with van der Waals surface area (Å²) in [5.41, 5.74) is 3.49. The molecule has 0 aliphatic carbocycles. The van der Waals surface area contributed by atoms with Gasteiger partial charge < -0.3 is 0 Å². The minimum atomic E-state index is 0.976. The summed E-state index contributed by atoms with van der Waals surface area (Å²) in [6.45, 7) is 2.02. The lowest BCUT2D eigenvalue weighted by molar-refractivity contribution is 1.42. The average molecular weight is 379 g/mol. The summed E-state index contributed by atoms with van der Waals surface area (Å²) in [7, 11) is 0. The standard InChI is InChI=1S/C27H22S/c1-2-3-4-11-21(25-15-9-10-17-27(25)28)19-22-18-20-12-5-6-13-23(20)26-16-8-7-14-24(22)26/h2-19,28H,1H3/b3-2+,11-4-,21-19+. The van der Waals surface area contributed by atoms with Crippen molar-refractivity contribution in [1.29, 1.82) is 0 Å². The van der Waals surface area contributed by atoms with E-state index >= 15 is 0 Å². The van der Waals surface area contributed by atoms with E-state index in [1.165, 1.54) is 27.1 Å². The number of thiol groups is 1. The van der Waals surface area contributed by atoms with E-state index in [0.717, 1.165) is 16.0 Å². The average Bonchev–Trinajstić information content (AvgIpc) is 2.74. The van der Waals surface area contributed by atoms with E-state index in [1.807, 2.05) is 31.2 Å². The lowest BCUT2D eigenvalue weighted by Gasteiger charge is -2.11. The van der Waals surface area contributed by atoms with Gasteiger partial charge in [-0.3, -0.25) is 0 Å². The second kappa shape index (κ2) is 8.33. The van der Waals surface area contributed by atoms with Crippen LogP contribution in [0.3, 0.4) is 0 Å². The van der Waals surface area contributed by atoms with Crippen molar-refractivity contribution in [2.24, 2.45) is 0 Å². The van der Waals surface area contributed by atoms with Crippen molar-refractivity contribution in [3.8, 4) is 0 Å². The molecule has 0 saturated carbocycles. The third-order valence-corrected chi connectivity index (χ3v) is 5.30. The third-order valence-electron chi connectivity index (χ3n) is 4.91. The molecule has 0 N–H and O–H groups in total. The van der Waals surface area contributed by atoms with Crippen molar-refractivity contribution < 1.29 is 0 Å². The zero-order valence-electron chi connectivity index (χ0n) is 15.8. The predicted molar refractivity (Wildman–Crippen MR) is 127 cm³/mol. The molecule has 0 saturated heterocycles. The van der Waals surface area contributed by atoms with Crippen LogP contribution in [-0.2, 0) is 0 Å². The summed E-state index contributed by atoms with van der Waals surface area (Å²) in [5.74, 6) is 0. The molecule has 0 fully saturated rings. The monoisotopic (exact) mass is 378 g/mol. The van der Waals surface area contributed by atoms with Crippen molar-refractivity contribution >= 4 is 45.8 Å². The highest BCUT2D eigenvalue weighted by atomic mass is 32.1. The van der Waals surface area contributed by atoms with Crippen molar-refractivity contribution in [2.75, 3.05) is 0 Å². The van der Waals surface area contributed by atoms with E-state index in [-0.39, 0.29) is 0 Å². The Bertz CT molecular complexity index is 1230. The highest BCUT2D eigenvalue weighted by Gasteiger charge is 2.07. The fourth-order valence-electron chi connectivity index (χ4n) is 3.57. The molecule has 0 spiro atoms. The molecule has 0 aliphatic heterocycles. The van der Waals surface area contributed by atoms with Crippen LogP contribution in [-0.4, -0.2) is 0 Å². The molecule has 4 rings (SSSR count). The Kier molecular flexibility index (Phi) is 5.45. The molecule has 1 heteroatoms. The molecule has 0 nitrogen and oxygen atoms in total. The highest BCUT2D eigenvalue weighted by Crippen LogP contribution is 2.32. The minimum absolute atomic E-state index is 0.976. The van der Waals surface area contributed by atoms with Gasteiger partial charge in [0.1, 0.15) is 0 Å². The first-order chi connectivity index (χ1) is 13.8. The van der Waals surface area contributed by atoms with Gasteiger partial charge in [-0.1, -0.05) is 91.0 Å². The molecule has 0 aromatic heterocycles. The first kappa shape index (κ1) is 18.3. The SMILES string of the molecule is C/C=C/C=C\C(=C/c1cc2ccccc2c2ccccc12)c1ccccc1S. The van der Waals surface area contributed by atoms with Gasteiger partial charge in [0.25, 0.3) is 0 Å². The molecule has 0 unspecified atom stereocenters. The third kappa shape index (κ3) is 3.67. The van der Waals surface area contributed by atoms with Gasteiger partial charge >= 0.3 is 0 Å². The number of fused-ring (bicyclic) bond motifs is 3. The van der Waals surface area contributed by atoms with Gasteiger partial charge in [0.15, 0.2) is 0 Å². The fourth-order valence-corrected chi connectivity index (χ4v) is 3.86. The lowest BCUT2D eigenvalue weighted by Crippen LogP contribution is -1.87. The molecule has 0 heterocycles. The molecule has 28 heavy (non-hydrogen) atoms. The molecule has 4 aromatic rings. The number of allylic oxidation sites excluding steroid dienone is 5. The smallest absolute Gasteiger partial charge is 0.0119 e. The van der Waals surface area contributed by atoms with Crippen molar-refractivity contribution in [1.82, 2.24) is 0 Å². The van der Waals surface area contributed by atoms with Gasteiger partial charge in [-0.25, -0.2) is 0 Å². The van der Waals surface area contributed by atoms with Gasteiger partial charge in [-0.05, 0) is 63.4 Å². The van der Waals surface area contributed by atoms with Crippen LogP contribution in [0.1, 0.15) is 18.1 Å². The first-order valence-electron chi connectivity index (χ1n) is 9.48. The maximum absolute atomic E-state index is 4.69. The van der Waals surface area contributed by atoms with Crippen LogP contribution < -0.4 is 0 Å². The first-order valence-corrected chi connectivity index (χ1v) is 9.92. The minimum Gasteiger partial charge on any atom is -0.143 e. The molecular weight excluding hydrogens is 356 g/mol. The van der Waals surface area contributed by atoms with Crippen molar-refractivity contribution in [2.45, 2.75) is 11.8 Å². The Morgan fingerprint density at radius 3 is 2.21 bits per heavy atom. The number of rotatable bonds is 4. The zero-order valence-corrected chi connectivity index (χ0v) is 16.7. The van der Waals surface area contributed by atoms with E-state index in [4.69, 9.17) is 0 Å². The topological polar surface area (TPSA) is 0 Å². The Morgan fingerprint density at radius 2 is 1.43 bits per heavy atom. The molecule has 4 aromatic carbocycles. The Labute approximate surface area is 171 Å². The van der Waals surface area contributed by atoms with Crippen LogP contribution in [0.5, 0.6) is 0 Å². The lowest BCUT2D eigenvalue weighted by atomic mass is 9.94. The van der Waals surface area contributed by atoms with Gasteiger partial charge in [0.2, 0.25) is 0 Å². The Morgan fingerprint density at radius 1 is 0.750 bits per heavy atom. The highest BCUT2D eigenvalue weighted by molar-refractivity contribution is 7.80. The summed E-state index contributed by atoms with van der Waals surface area (Å²) in [6, 6.07) is 27.7.